The van der Waals surface area contributed by atoms with Crippen LogP contribution in [-0.4, -0.2) is 35.1 Å². The fourth-order valence-electron chi connectivity index (χ4n) is 2.71. The lowest BCUT2D eigenvalue weighted by Crippen LogP contribution is -2.48. The first-order valence-corrected chi connectivity index (χ1v) is 11.5. The molecule has 0 aromatic heterocycles. The molecule has 0 radical (unpaired) electrons. The van der Waals surface area contributed by atoms with Gasteiger partial charge < -0.3 is 10.2 Å². The van der Waals surface area contributed by atoms with Gasteiger partial charge in [-0.05, 0) is 42.7 Å². The van der Waals surface area contributed by atoms with E-state index in [0.717, 1.165) is 17.5 Å². The third kappa shape index (κ3) is 7.57. The Morgan fingerprint density at radius 3 is 2.45 bits per heavy atom. The molecule has 0 aliphatic rings. The molecule has 29 heavy (non-hydrogen) atoms. The Morgan fingerprint density at radius 1 is 1.10 bits per heavy atom. The molecule has 0 fully saturated rings. The summed E-state index contributed by atoms with van der Waals surface area (Å²) in [5.41, 5.74) is 1.92. The zero-order valence-electron chi connectivity index (χ0n) is 16.7. The summed E-state index contributed by atoms with van der Waals surface area (Å²) in [5.74, 6) is 0.718. The van der Waals surface area contributed by atoms with Crippen LogP contribution >= 0.6 is 35.0 Å². The molecular formula is C22H26Cl2N2O2S. The Kier molecular flexibility index (Phi) is 9.85. The zero-order valence-corrected chi connectivity index (χ0v) is 19.0. The largest absolute Gasteiger partial charge is 0.354 e. The van der Waals surface area contributed by atoms with E-state index in [-0.39, 0.29) is 17.6 Å². The summed E-state index contributed by atoms with van der Waals surface area (Å²) in [5, 5.41) is 4.14. The van der Waals surface area contributed by atoms with Crippen LogP contribution in [0.3, 0.4) is 0 Å². The van der Waals surface area contributed by atoms with Gasteiger partial charge in [0.2, 0.25) is 11.8 Å². The molecule has 4 nitrogen and oxygen atoms in total. The van der Waals surface area contributed by atoms with Crippen molar-refractivity contribution in [2.24, 2.45) is 0 Å². The van der Waals surface area contributed by atoms with E-state index in [1.807, 2.05) is 49.4 Å². The molecule has 1 unspecified atom stereocenters. The molecule has 2 aromatic rings. The maximum absolute atomic E-state index is 13.0. The smallest absolute Gasteiger partial charge is 0.242 e. The lowest BCUT2D eigenvalue weighted by atomic mass is 10.1. The lowest BCUT2D eigenvalue weighted by molar-refractivity contribution is -0.138. The number of nitrogens with zero attached hydrogens (tertiary/aromatic N) is 1. The molecule has 0 aliphatic heterocycles. The van der Waals surface area contributed by atoms with Gasteiger partial charge in [-0.15, -0.1) is 11.8 Å². The molecule has 0 saturated carbocycles. The van der Waals surface area contributed by atoms with Gasteiger partial charge in [0.1, 0.15) is 6.04 Å². The van der Waals surface area contributed by atoms with Crippen molar-refractivity contribution in [2.75, 3.05) is 12.3 Å². The third-order valence-corrected chi connectivity index (χ3v) is 6.03. The first kappa shape index (κ1) is 23.6. The SMILES string of the molecule is CCCNC(=O)C(C)N(Cc1ccccc1Cl)C(=O)CSCc1ccc(Cl)cc1. The number of carbonyl (C=O) groups excluding carboxylic acids is 2. The maximum atomic E-state index is 13.0. The van der Waals surface area contributed by atoms with E-state index in [0.29, 0.717) is 28.9 Å². The average molecular weight is 453 g/mol. The first-order valence-electron chi connectivity index (χ1n) is 9.55. The number of hydrogen-bond acceptors (Lipinski definition) is 3. The maximum Gasteiger partial charge on any atom is 0.242 e. The van der Waals surface area contributed by atoms with Gasteiger partial charge >= 0.3 is 0 Å². The van der Waals surface area contributed by atoms with Crippen molar-refractivity contribution in [1.82, 2.24) is 10.2 Å². The van der Waals surface area contributed by atoms with Gasteiger partial charge in [-0.25, -0.2) is 0 Å². The second-order valence-electron chi connectivity index (χ2n) is 6.70. The topological polar surface area (TPSA) is 49.4 Å². The highest BCUT2D eigenvalue weighted by Crippen LogP contribution is 2.21. The van der Waals surface area contributed by atoms with Crippen LogP contribution in [0.2, 0.25) is 10.0 Å². The van der Waals surface area contributed by atoms with Crippen molar-refractivity contribution in [2.45, 2.75) is 38.6 Å². The average Bonchev–Trinajstić information content (AvgIpc) is 2.72. The van der Waals surface area contributed by atoms with E-state index in [2.05, 4.69) is 5.32 Å². The van der Waals surface area contributed by atoms with E-state index < -0.39 is 6.04 Å². The van der Waals surface area contributed by atoms with Crippen LogP contribution in [0.4, 0.5) is 0 Å². The molecule has 0 saturated heterocycles. The Morgan fingerprint density at radius 2 is 1.79 bits per heavy atom. The number of halogens is 2. The number of carbonyl (C=O) groups is 2. The van der Waals surface area contributed by atoms with Crippen LogP contribution in [-0.2, 0) is 21.9 Å². The highest BCUT2D eigenvalue weighted by atomic mass is 35.5. The summed E-state index contributed by atoms with van der Waals surface area (Å²) < 4.78 is 0. The van der Waals surface area contributed by atoms with Crippen molar-refractivity contribution >= 4 is 46.8 Å². The normalized spacial score (nSPS) is 11.7. The van der Waals surface area contributed by atoms with Crippen LogP contribution in [0.25, 0.3) is 0 Å². The molecule has 0 bridgehead atoms. The second kappa shape index (κ2) is 12.1. The van der Waals surface area contributed by atoms with Crippen LogP contribution in [0.1, 0.15) is 31.4 Å². The Labute approximate surface area is 187 Å². The quantitative estimate of drug-likeness (QED) is 0.540. The van der Waals surface area contributed by atoms with Crippen LogP contribution < -0.4 is 5.32 Å². The predicted octanol–water partition coefficient (Wildman–Crippen LogP) is 5.17. The summed E-state index contributed by atoms with van der Waals surface area (Å²) in [6.07, 6.45) is 0.841. The zero-order chi connectivity index (χ0) is 21.2. The highest BCUT2D eigenvalue weighted by molar-refractivity contribution is 7.99. The van der Waals surface area contributed by atoms with Crippen molar-refractivity contribution in [3.8, 4) is 0 Å². The Balaban J connectivity index is 2.05. The van der Waals surface area contributed by atoms with E-state index in [1.165, 1.54) is 11.8 Å². The van der Waals surface area contributed by atoms with Crippen molar-refractivity contribution < 1.29 is 9.59 Å². The van der Waals surface area contributed by atoms with Crippen LogP contribution in [0.15, 0.2) is 48.5 Å². The van der Waals surface area contributed by atoms with E-state index in [9.17, 15) is 9.59 Å². The second-order valence-corrected chi connectivity index (χ2v) is 8.53. The van der Waals surface area contributed by atoms with Gasteiger partial charge in [-0.3, -0.25) is 9.59 Å². The van der Waals surface area contributed by atoms with E-state index >= 15 is 0 Å². The van der Waals surface area contributed by atoms with Gasteiger partial charge in [-0.1, -0.05) is 60.5 Å². The monoisotopic (exact) mass is 452 g/mol. The lowest BCUT2D eigenvalue weighted by Gasteiger charge is -2.29. The molecule has 2 amide bonds. The van der Waals surface area contributed by atoms with Crippen molar-refractivity contribution in [3.63, 3.8) is 0 Å². The van der Waals surface area contributed by atoms with E-state index in [4.69, 9.17) is 23.2 Å². The Bertz CT molecular complexity index is 815. The van der Waals surface area contributed by atoms with Crippen LogP contribution in [0, 0.1) is 0 Å². The fourth-order valence-corrected chi connectivity index (χ4v) is 3.90. The molecule has 0 spiro atoms. The first-order chi connectivity index (χ1) is 13.9. The molecule has 2 aromatic carbocycles. The number of thioether (sulfide) groups is 1. The highest BCUT2D eigenvalue weighted by Gasteiger charge is 2.26. The number of amides is 2. The van der Waals surface area contributed by atoms with Crippen molar-refractivity contribution in [3.05, 3.63) is 69.7 Å². The van der Waals surface area contributed by atoms with Gasteiger partial charge in [-0.2, -0.15) is 0 Å². The molecule has 7 heteroatoms. The molecule has 156 valence electrons. The van der Waals surface area contributed by atoms with Crippen molar-refractivity contribution in [1.29, 1.82) is 0 Å². The van der Waals surface area contributed by atoms with Gasteiger partial charge in [0.05, 0.1) is 5.75 Å². The number of nitrogens with one attached hydrogen (secondary N) is 1. The number of rotatable bonds is 10. The summed E-state index contributed by atoms with van der Waals surface area (Å²) >= 11 is 13.7. The molecular weight excluding hydrogens is 427 g/mol. The Hall–Kier alpha value is -1.69. The van der Waals surface area contributed by atoms with Gasteiger partial charge in [0.15, 0.2) is 0 Å². The summed E-state index contributed by atoms with van der Waals surface area (Å²) in [4.78, 5) is 27.1. The number of benzene rings is 2. The van der Waals surface area contributed by atoms with Gasteiger partial charge in [0.25, 0.3) is 0 Å². The standard InChI is InChI=1S/C22H26Cl2N2O2S/c1-3-12-25-22(28)16(2)26(13-18-6-4-5-7-20(18)24)21(27)15-29-14-17-8-10-19(23)11-9-17/h4-11,16H,3,12-15H2,1-2H3,(H,25,28). The van der Waals surface area contributed by atoms with E-state index in [1.54, 1.807) is 17.9 Å². The number of hydrogen-bond donors (Lipinski definition) is 1. The summed E-state index contributed by atoms with van der Waals surface area (Å²) in [7, 11) is 0. The fraction of sp³-hybridized carbons (Fsp3) is 0.364. The summed E-state index contributed by atoms with van der Waals surface area (Å²) in [6, 6.07) is 14.4. The molecule has 2 rings (SSSR count). The molecule has 1 N–H and O–H groups in total. The minimum atomic E-state index is -0.582. The van der Waals surface area contributed by atoms with Gasteiger partial charge in [0, 0.05) is 28.9 Å². The molecule has 1 atom stereocenters. The minimum Gasteiger partial charge on any atom is -0.354 e. The molecule has 0 aliphatic carbocycles. The third-order valence-electron chi connectivity index (χ3n) is 4.42. The van der Waals surface area contributed by atoms with Crippen LogP contribution in [0.5, 0.6) is 0 Å². The summed E-state index contributed by atoms with van der Waals surface area (Å²) in [6.45, 7) is 4.62. The molecule has 0 heterocycles. The minimum absolute atomic E-state index is 0.0944. The predicted molar refractivity (Wildman–Crippen MR) is 122 cm³/mol.